The maximum absolute atomic E-state index is 12.6. The van der Waals surface area contributed by atoms with E-state index in [1.165, 1.54) is 12.8 Å². The molecule has 3 heteroatoms. The highest BCUT2D eigenvalue weighted by Crippen LogP contribution is 2.43. The van der Waals surface area contributed by atoms with Gasteiger partial charge in [-0.3, -0.25) is 4.79 Å². The van der Waals surface area contributed by atoms with Gasteiger partial charge in [0.05, 0.1) is 0 Å². The largest absolute Gasteiger partial charge is 0.352 e. The van der Waals surface area contributed by atoms with Gasteiger partial charge in [-0.25, -0.2) is 0 Å². The Hall–Kier alpha value is -0.0500. The van der Waals surface area contributed by atoms with E-state index in [2.05, 4.69) is 48.9 Å². The molecule has 0 aromatic heterocycles. The van der Waals surface area contributed by atoms with E-state index in [1.54, 1.807) is 0 Å². The summed E-state index contributed by atoms with van der Waals surface area (Å²) in [6.07, 6.45) is 5.60. The second-order valence-electron chi connectivity index (χ2n) is 6.56. The Morgan fingerprint density at radius 3 is 2.17 bits per heavy atom. The van der Waals surface area contributed by atoms with Gasteiger partial charge < -0.3 is 5.32 Å². The van der Waals surface area contributed by atoms with Crippen LogP contribution in [-0.4, -0.2) is 17.3 Å². The van der Waals surface area contributed by atoms with Gasteiger partial charge in [0.1, 0.15) is 0 Å². The van der Waals surface area contributed by atoms with Crippen LogP contribution in [0.25, 0.3) is 0 Å². The van der Waals surface area contributed by atoms with Crippen LogP contribution < -0.4 is 5.32 Å². The summed E-state index contributed by atoms with van der Waals surface area (Å²) >= 11 is 3.51. The smallest absolute Gasteiger partial charge is 0.226 e. The van der Waals surface area contributed by atoms with Gasteiger partial charge in [0.25, 0.3) is 0 Å². The van der Waals surface area contributed by atoms with Crippen LogP contribution in [-0.2, 0) is 4.79 Å². The summed E-state index contributed by atoms with van der Waals surface area (Å²) in [5, 5.41) is 4.11. The van der Waals surface area contributed by atoms with Crippen LogP contribution in [0.2, 0.25) is 0 Å². The Balaban J connectivity index is 2.71. The van der Waals surface area contributed by atoms with Crippen molar-refractivity contribution in [1.29, 1.82) is 0 Å². The molecule has 1 aliphatic carbocycles. The predicted molar refractivity (Wildman–Crippen MR) is 80.9 cm³/mol. The second-order valence-corrected chi connectivity index (χ2v) is 7.21. The van der Waals surface area contributed by atoms with E-state index in [9.17, 15) is 4.79 Å². The summed E-state index contributed by atoms with van der Waals surface area (Å²) in [4.78, 5) is 12.6. The molecule has 1 fully saturated rings. The van der Waals surface area contributed by atoms with Gasteiger partial charge >= 0.3 is 0 Å². The van der Waals surface area contributed by atoms with Crippen LogP contribution in [0.4, 0.5) is 0 Å². The molecule has 1 rings (SSSR count). The molecule has 18 heavy (non-hydrogen) atoms. The lowest BCUT2D eigenvalue weighted by Crippen LogP contribution is -2.47. The average Bonchev–Trinajstić information content (AvgIpc) is 2.73. The minimum atomic E-state index is -0.0799. The van der Waals surface area contributed by atoms with Gasteiger partial charge in [-0.05, 0) is 31.1 Å². The molecule has 0 saturated heterocycles. The Kier molecular flexibility index (Phi) is 6.16. The Labute approximate surface area is 120 Å². The molecule has 1 unspecified atom stereocenters. The zero-order valence-electron chi connectivity index (χ0n) is 12.3. The first-order valence-electron chi connectivity index (χ1n) is 7.28. The van der Waals surface area contributed by atoms with Gasteiger partial charge in [0, 0.05) is 16.8 Å². The lowest BCUT2D eigenvalue weighted by atomic mass is 9.77. The van der Waals surface area contributed by atoms with Crippen LogP contribution in [0.15, 0.2) is 0 Å². The Bertz CT molecular complexity index is 270. The molecule has 1 amide bonds. The van der Waals surface area contributed by atoms with Gasteiger partial charge in [-0.1, -0.05) is 56.5 Å². The van der Waals surface area contributed by atoms with Crippen molar-refractivity contribution in [3.8, 4) is 0 Å². The van der Waals surface area contributed by atoms with E-state index in [0.29, 0.717) is 17.7 Å². The molecule has 0 aromatic rings. The number of nitrogens with one attached hydrogen (secondary N) is 1. The summed E-state index contributed by atoms with van der Waals surface area (Å²) < 4.78 is 0. The molecule has 1 atom stereocenters. The van der Waals surface area contributed by atoms with Crippen molar-refractivity contribution in [3.05, 3.63) is 0 Å². The Morgan fingerprint density at radius 1 is 1.22 bits per heavy atom. The molecule has 1 aliphatic rings. The van der Waals surface area contributed by atoms with Gasteiger partial charge in [0.15, 0.2) is 0 Å². The third-order valence-corrected chi connectivity index (χ3v) is 4.83. The topological polar surface area (TPSA) is 29.1 Å². The lowest BCUT2D eigenvalue weighted by Gasteiger charge is -2.32. The molecule has 1 N–H and O–H groups in total. The summed E-state index contributed by atoms with van der Waals surface area (Å²) in [7, 11) is 0. The van der Waals surface area contributed by atoms with Crippen molar-refractivity contribution in [2.75, 3.05) is 5.33 Å². The SMILES string of the molecule is CC(C)CC1(C(=O)NC(CBr)C(C)C)CCCC1. The van der Waals surface area contributed by atoms with Crippen LogP contribution >= 0.6 is 15.9 Å². The molecule has 0 radical (unpaired) electrons. The molecule has 0 heterocycles. The van der Waals surface area contributed by atoms with Gasteiger partial charge in [-0.2, -0.15) is 0 Å². The minimum Gasteiger partial charge on any atom is -0.352 e. The number of hydrogen-bond acceptors (Lipinski definition) is 1. The quantitative estimate of drug-likeness (QED) is 0.733. The maximum atomic E-state index is 12.6. The monoisotopic (exact) mass is 317 g/mol. The van der Waals surface area contributed by atoms with Crippen LogP contribution in [0.5, 0.6) is 0 Å². The average molecular weight is 318 g/mol. The van der Waals surface area contributed by atoms with E-state index >= 15 is 0 Å². The highest BCUT2D eigenvalue weighted by atomic mass is 79.9. The molecule has 1 saturated carbocycles. The third kappa shape index (κ3) is 3.97. The highest BCUT2D eigenvalue weighted by molar-refractivity contribution is 9.09. The third-order valence-electron chi connectivity index (χ3n) is 4.13. The fourth-order valence-electron chi connectivity index (χ4n) is 3.06. The lowest BCUT2D eigenvalue weighted by molar-refractivity contribution is -0.132. The van der Waals surface area contributed by atoms with Crippen molar-refractivity contribution in [1.82, 2.24) is 5.32 Å². The van der Waals surface area contributed by atoms with E-state index < -0.39 is 0 Å². The number of carbonyl (C=O) groups is 1. The summed E-state index contributed by atoms with van der Waals surface area (Å²) in [5.41, 5.74) is -0.0799. The van der Waals surface area contributed by atoms with E-state index in [1.807, 2.05) is 0 Å². The first kappa shape index (κ1) is 16.0. The number of rotatable bonds is 6. The molecule has 0 bridgehead atoms. The first-order chi connectivity index (χ1) is 8.41. The fourth-order valence-corrected chi connectivity index (χ4v) is 3.97. The van der Waals surface area contributed by atoms with Gasteiger partial charge in [-0.15, -0.1) is 0 Å². The number of hydrogen-bond donors (Lipinski definition) is 1. The van der Waals surface area contributed by atoms with Crippen molar-refractivity contribution in [2.24, 2.45) is 17.3 Å². The summed E-state index contributed by atoms with van der Waals surface area (Å²) in [5.74, 6) is 1.37. The normalized spacial score (nSPS) is 20.4. The molecular weight excluding hydrogens is 290 g/mol. The van der Waals surface area contributed by atoms with Crippen LogP contribution in [0.3, 0.4) is 0 Å². The summed E-state index contributed by atoms with van der Waals surface area (Å²) in [6, 6.07) is 0.252. The number of amides is 1. The van der Waals surface area contributed by atoms with E-state index in [4.69, 9.17) is 0 Å². The zero-order valence-corrected chi connectivity index (χ0v) is 13.8. The zero-order chi connectivity index (χ0) is 13.8. The van der Waals surface area contributed by atoms with Gasteiger partial charge in [0.2, 0.25) is 5.91 Å². The molecule has 0 spiro atoms. The molecule has 0 aliphatic heterocycles. The predicted octanol–water partition coefficient (Wildman–Crippen LogP) is 4.13. The fraction of sp³-hybridized carbons (Fsp3) is 0.933. The number of halogens is 1. The standard InChI is InChI=1S/C15H28BrNO/c1-11(2)9-15(7-5-6-8-15)14(18)17-13(10-16)12(3)4/h11-13H,5-10H2,1-4H3,(H,17,18). The van der Waals surface area contributed by atoms with E-state index in [0.717, 1.165) is 24.6 Å². The molecular formula is C15H28BrNO. The van der Waals surface area contributed by atoms with Crippen molar-refractivity contribution < 1.29 is 4.79 Å². The number of carbonyl (C=O) groups excluding carboxylic acids is 1. The van der Waals surface area contributed by atoms with Crippen molar-refractivity contribution in [3.63, 3.8) is 0 Å². The van der Waals surface area contributed by atoms with Crippen molar-refractivity contribution in [2.45, 2.75) is 65.8 Å². The first-order valence-corrected chi connectivity index (χ1v) is 8.40. The second kappa shape index (κ2) is 6.93. The summed E-state index contributed by atoms with van der Waals surface area (Å²) in [6.45, 7) is 8.77. The molecule has 106 valence electrons. The molecule has 2 nitrogen and oxygen atoms in total. The van der Waals surface area contributed by atoms with Crippen molar-refractivity contribution >= 4 is 21.8 Å². The van der Waals surface area contributed by atoms with E-state index in [-0.39, 0.29) is 11.5 Å². The van der Waals surface area contributed by atoms with Crippen LogP contribution in [0, 0.1) is 17.3 Å². The Morgan fingerprint density at radius 2 is 1.78 bits per heavy atom. The number of alkyl halides is 1. The minimum absolute atomic E-state index is 0.0799. The molecule has 0 aromatic carbocycles. The maximum Gasteiger partial charge on any atom is 0.226 e. The van der Waals surface area contributed by atoms with Crippen LogP contribution in [0.1, 0.15) is 59.8 Å². The highest BCUT2D eigenvalue weighted by Gasteiger charge is 2.41.